The SMILES string of the molecule is COc1ccc(C(=O)Oc2ccc3ccccc3c2/C=N/NC(=O)c2ccc(Cl)cc2)cc1OC. The number of benzene rings is 4. The van der Waals surface area contributed by atoms with Gasteiger partial charge in [-0.05, 0) is 59.3 Å². The normalized spacial score (nSPS) is 10.8. The summed E-state index contributed by atoms with van der Waals surface area (Å²) in [6.07, 6.45) is 1.45. The summed E-state index contributed by atoms with van der Waals surface area (Å²) in [6.45, 7) is 0. The summed E-state index contributed by atoms with van der Waals surface area (Å²) >= 11 is 5.88. The van der Waals surface area contributed by atoms with Crippen LogP contribution in [0.3, 0.4) is 0 Å². The molecule has 4 aromatic carbocycles. The largest absolute Gasteiger partial charge is 0.493 e. The third kappa shape index (κ3) is 5.42. The lowest BCUT2D eigenvalue weighted by Crippen LogP contribution is -2.17. The zero-order valence-electron chi connectivity index (χ0n) is 18.9. The highest BCUT2D eigenvalue weighted by Gasteiger charge is 2.16. The lowest BCUT2D eigenvalue weighted by atomic mass is 10.0. The van der Waals surface area contributed by atoms with Crippen LogP contribution < -0.4 is 19.6 Å². The van der Waals surface area contributed by atoms with E-state index in [1.807, 2.05) is 30.3 Å². The number of halogens is 1. The molecule has 0 atom stereocenters. The molecule has 0 heterocycles. The molecule has 0 unspecified atom stereocenters. The Morgan fingerprint density at radius 3 is 2.26 bits per heavy atom. The van der Waals surface area contributed by atoms with Gasteiger partial charge in [-0.25, -0.2) is 10.2 Å². The smallest absolute Gasteiger partial charge is 0.343 e. The van der Waals surface area contributed by atoms with Crippen LogP contribution in [0.2, 0.25) is 5.02 Å². The maximum atomic E-state index is 12.9. The Labute approximate surface area is 206 Å². The van der Waals surface area contributed by atoms with Gasteiger partial charge in [0, 0.05) is 16.1 Å². The van der Waals surface area contributed by atoms with E-state index in [0.717, 1.165) is 10.8 Å². The fourth-order valence-corrected chi connectivity index (χ4v) is 3.57. The van der Waals surface area contributed by atoms with Crippen LogP contribution in [0, 0.1) is 0 Å². The number of carbonyl (C=O) groups excluding carboxylic acids is 2. The maximum Gasteiger partial charge on any atom is 0.343 e. The first-order valence-corrected chi connectivity index (χ1v) is 10.9. The molecule has 1 amide bonds. The van der Waals surface area contributed by atoms with Gasteiger partial charge in [0.2, 0.25) is 0 Å². The molecule has 0 aliphatic heterocycles. The summed E-state index contributed by atoms with van der Waals surface area (Å²) < 4.78 is 16.2. The van der Waals surface area contributed by atoms with Crippen molar-refractivity contribution in [1.29, 1.82) is 0 Å². The number of esters is 1. The van der Waals surface area contributed by atoms with Crippen LogP contribution in [0.4, 0.5) is 0 Å². The van der Waals surface area contributed by atoms with Gasteiger partial charge < -0.3 is 14.2 Å². The second-order valence-electron chi connectivity index (χ2n) is 7.36. The lowest BCUT2D eigenvalue weighted by molar-refractivity contribution is 0.0734. The third-order valence-electron chi connectivity index (χ3n) is 5.22. The van der Waals surface area contributed by atoms with Crippen molar-refractivity contribution in [3.63, 3.8) is 0 Å². The molecule has 0 aliphatic carbocycles. The van der Waals surface area contributed by atoms with Crippen molar-refractivity contribution in [3.8, 4) is 17.2 Å². The standard InChI is InChI=1S/C27H21ClN2O5/c1-33-24-14-10-19(15-25(24)34-2)27(32)35-23-13-9-17-5-3-4-6-21(17)22(23)16-29-30-26(31)18-7-11-20(28)12-8-18/h3-16H,1-2H3,(H,30,31)/b29-16+. The highest BCUT2D eigenvalue weighted by atomic mass is 35.5. The molecule has 0 saturated heterocycles. The predicted molar refractivity (Wildman–Crippen MR) is 135 cm³/mol. The quantitative estimate of drug-likeness (QED) is 0.161. The lowest BCUT2D eigenvalue weighted by Gasteiger charge is -2.12. The molecule has 0 fully saturated rings. The van der Waals surface area contributed by atoms with Gasteiger partial charge in [0.25, 0.3) is 5.91 Å². The Morgan fingerprint density at radius 2 is 1.51 bits per heavy atom. The minimum atomic E-state index is -0.582. The van der Waals surface area contributed by atoms with Crippen LogP contribution >= 0.6 is 11.6 Å². The number of nitrogens with zero attached hydrogens (tertiary/aromatic N) is 1. The highest BCUT2D eigenvalue weighted by molar-refractivity contribution is 6.30. The van der Waals surface area contributed by atoms with Crippen LogP contribution in [0.1, 0.15) is 26.3 Å². The van der Waals surface area contributed by atoms with Gasteiger partial charge in [-0.15, -0.1) is 0 Å². The average Bonchev–Trinajstić information content (AvgIpc) is 2.89. The molecule has 8 heteroatoms. The van der Waals surface area contributed by atoms with Gasteiger partial charge in [-0.2, -0.15) is 5.10 Å². The van der Waals surface area contributed by atoms with E-state index in [2.05, 4.69) is 10.5 Å². The molecule has 0 aliphatic rings. The number of hydrogen-bond acceptors (Lipinski definition) is 6. The first-order chi connectivity index (χ1) is 17.0. The van der Waals surface area contributed by atoms with Crippen molar-refractivity contribution in [2.24, 2.45) is 5.10 Å². The summed E-state index contributed by atoms with van der Waals surface area (Å²) in [5, 5.41) is 6.35. The van der Waals surface area contributed by atoms with E-state index in [9.17, 15) is 9.59 Å². The number of hydrazone groups is 1. The molecule has 7 nitrogen and oxygen atoms in total. The molecular formula is C27H21ClN2O5. The number of rotatable bonds is 7. The number of carbonyl (C=O) groups is 2. The average molecular weight is 489 g/mol. The zero-order chi connectivity index (χ0) is 24.8. The zero-order valence-corrected chi connectivity index (χ0v) is 19.7. The Hall–Kier alpha value is -4.36. The molecule has 0 spiro atoms. The Morgan fingerprint density at radius 1 is 0.829 bits per heavy atom. The van der Waals surface area contributed by atoms with E-state index >= 15 is 0 Å². The van der Waals surface area contributed by atoms with Gasteiger partial charge >= 0.3 is 5.97 Å². The van der Waals surface area contributed by atoms with Crippen molar-refractivity contribution in [3.05, 3.63) is 101 Å². The van der Waals surface area contributed by atoms with Crippen LogP contribution in [0.5, 0.6) is 17.2 Å². The molecule has 0 radical (unpaired) electrons. The monoisotopic (exact) mass is 488 g/mol. The number of ether oxygens (including phenoxy) is 3. The van der Waals surface area contributed by atoms with Crippen molar-refractivity contribution >= 4 is 40.5 Å². The van der Waals surface area contributed by atoms with Crippen molar-refractivity contribution in [2.45, 2.75) is 0 Å². The van der Waals surface area contributed by atoms with Gasteiger partial charge in [-0.1, -0.05) is 41.9 Å². The number of amides is 1. The summed E-state index contributed by atoms with van der Waals surface area (Å²) in [5.74, 6) is 0.210. The molecule has 1 N–H and O–H groups in total. The van der Waals surface area contributed by atoms with Crippen LogP contribution in [0.25, 0.3) is 10.8 Å². The van der Waals surface area contributed by atoms with Crippen LogP contribution in [0.15, 0.2) is 84.0 Å². The first-order valence-electron chi connectivity index (χ1n) is 10.5. The van der Waals surface area contributed by atoms with E-state index in [0.29, 0.717) is 27.6 Å². The van der Waals surface area contributed by atoms with Gasteiger partial charge in [-0.3, -0.25) is 4.79 Å². The fourth-order valence-electron chi connectivity index (χ4n) is 3.44. The molecular weight excluding hydrogens is 468 g/mol. The van der Waals surface area contributed by atoms with E-state index in [-0.39, 0.29) is 11.3 Å². The number of hydrogen-bond donors (Lipinski definition) is 1. The van der Waals surface area contributed by atoms with Gasteiger partial charge in [0.15, 0.2) is 11.5 Å². The van der Waals surface area contributed by atoms with E-state index < -0.39 is 11.9 Å². The first kappa shape index (κ1) is 23.8. The number of nitrogens with one attached hydrogen (secondary N) is 1. The predicted octanol–water partition coefficient (Wildman–Crippen LogP) is 5.49. The second-order valence-corrected chi connectivity index (χ2v) is 7.80. The Kier molecular flexibility index (Phi) is 7.28. The van der Waals surface area contributed by atoms with Crippen LogP contribution in [-0.2, 0) is 0 Å². The molecule has 0 bridgehead atoms. The number of fused-ring (bicyclic) bond motifs is 1. The molecule has 4 aromatic rings. The van der Waals surface area contributed by atoms with Gasteiger partial charge in [0.1, 0.15) is 5.75 Å². The molecule has 176 valence electrons. The topological polar surface area (TPSA) is 86.2 Å². The summed E-state index contributed by atoms with van der Waals surface area (Å²) in [4.78, 5) is 25.3. The molecule has 0 aromatic heterocycles. The molecule has 35 heavy (non-hydrogen) atoms. The minimum Gasteiger partial charge on any atom is -0.493 e. The second kappa shape index (κ2) is 10.7. The number of methoxy groups -OCH3 is 2. The highest BCUT2D eigenvalue weighted by Crippen LogP contribution is 2.30. The third-order valence-corrected chi connectivity index (χ3v) is 5.47. The van der Waals surface area contributed by atoms with Crippen molar-refractivity contribution < 1.29 is 23.8 Å². The fraction of sp³-hybridized carbons (Fsp3) is 0.0741. The Balaban J connectivity index is 1.62. The molecule has 0 saturated carbocycles. The van der Waals surface area contributed by atoms with E-state index in [1.165, 1.54) is 20.4 Å². The summed E-state index contributed by atoms with van der Waals surface area (Å²) in [6, 6.07) is 22.3. The van der Waals surface area contributed by atoms with Crippen molar-refractivity contribution in [2.75, 3.05) is 14.2 Å². The Bertz CT molecular complexity index is 1420. The summed E-state index contributed by atoms with van der Waals surface area (Å²) in [5.41, 5.74) is 3.72. The van der Waals surface area contributed by atoms with Crippen molar-refractivity contribution in [1.82, 2.24) is 5.43 Å². The van der Waals surface area contributed by atoms with E-state index in [4.69, 9.17) is 25.8 Å². The maximum absolute atomic E-state index is 12.9. The summed E-state index contributed by atoms with van der Waals surface area (Å²) in [7, 11) is 3.01. The van der Waals surface area contributed by atoms with Crippen LogP contribution in [-0.4, -0.2) is 32.3 Å². The molecule has 4 rings (SSSR count). The van der Waals surface area contributed by atoms with E-state index in [1.54, 1.807) is 48.5 Å². The minimum absolute atomic E-state index is 0.285. The van der Waals surface area contributed by atoms with Gasteiger partial charge in [0.05, 0.1) is 26.0 Å².